The standard InChI is InChI=1S/C19H20FNO3/c1-23-17-11-10-15(12-18(17)24-16-4-2-3-5-16)21-19(22)13-6-8-14(20)9-7-13/h6-12,16H,2-5H2,1H3,(H,21,22). The van der Waals surface area contributed by atoms with Gasteiger partial charge in [-0.3, -0.25) is 4.79 Å². The van der Waals surface area contributed by atoms with E-state index in [9.17, 15) is 9.18 Å². The molecule has 0 spiro atoms. The second kappa shape index (κ2) is 7.34. The second-order valence-electron chi connectivity index (χ2n) is 5.85. The van der Waals surface area contributed by atoms with Crippen LogP contribution in [0.2, 0.25) is 0 Å². The number of carbonyl (C=O) groups is 1. The van der Waals surface area contributed by atoms with Crippen molar-refractivity contribution in [2.45, 2.75) is 31.8 Å². The number of carbonyl (C=O) groups excluding carboxylic acids is 1. The van der Waals surface area contributed by atoms with Crippen LogP contribution in [0.1, 0.15) is 36.0 Å². The highest BCUT2D eigenvalue weighted by atomic mass is 19.1. The number of nitrogens with one attached hydrogen (secondary N) is 1. The van der Waals surface area contributed by atoms with Crippen LogP contribution in [-0.4, -0.2) is 19.1 Å². The van der Waals surface area contributed by atoms with Gasteiger partial charge < -0.3 is 14.8 Å². The van der Waals surface area contributed by atoms with E-state index < -0.39 is 0 Å². The molecule has 1 aliphatic rings. The number of hydrogen-bond acceptors (Lipinski definition) is 3. The predicted octanol–water partition coefficient (Wildman–Crippen LogP) is 4.41. The van der Waals surface area contributed by atoms with Crippen LogP contribution in [0, 0.1) is 5.82 Å². The van der Waals surface area contributed by atoms with Gasteiger partial charge in [-0.05, 0) is 62.1 Å². The zero-order chi connectivity index (χ0) is 16.9. The fourth-order valence-corrected chi connectivity index (χ4v) is 2.84. The van der Waals surface area contributed by atoms with Crippen LogP contribution in [-0.2, 0) is 0 Å². The summed E-state index contributed by atoms with van der Waals surface area (Å²) in [5, 5.41) is 2.80. The quantitative estimate of drug-likeness (QED) is 0.884. The molecule has 0 heterocycles. The molecule has 1 N–H and O–H groups in total. The monoisotopic (exact) mass is 329 g/mol. The highest BCUT2D eigenvalue weighted by molar-refractivity contribution is 6.04. The van der Waals surface area contributed by atoms with Crippen LogP contribution < -0.4 is 14.8 Å². The maximum Gasteiger partial charge on any atom is 0.255 e. The number of methoxy groups -OCH3 is 1. The number of benzene rings is 2. The van der Waals surface area contributed by atoms with Gasteiger partial charge in [-0.15, -0.1) is 0 Å². The molecule has 0 unspecified atom stereocenters. The third-order valence-corrected chi connectivity index (χ3v) is 4.12. The van der Waals surface area contributed by atoms with Crippen LogP contribution in [0.15, 0.2) is 42.5 Å². The Bertz CT molecular complexity index is 709. The number of hydrogen-bond donors (Lipinski definition) is 1. The van der Waals surface area contributed by atoms with E-state index in [0.29, 0.717) is 22.7 Å². The van der Waals surface area contributed by atoms with Gasteiger partial charge in [0.25, 0.3) is 5.91 Å². The van der Waals surface area contributed by atoms with Crippen molar-refractivity contribution >= 4 is 11.6 Å². The van der Waals surface area contributed by atoms with Crippen LogP contribution in [0.25, 0.3) is 0 Å². The van der Waals surface area contributed by atoms with Crippen molar-refractivity contribution in [3.05, 3.63) is 53.8 Å². The van der Waals surface area contributed by atoms with Gasteiger partial charge in [-0.2, -0.15) is 0 Å². The van der Waals surface area contributed by atoms with Crippen molar-refractivity contribution in [1.82, 2.24) is 0 Å². The van der Waals surface area contributed by atoms with E-state index in [1.54, 1.807) is 25.3 Å². The lowest BCUT2D eigenvalue weighted by Gasteiger charge is -2.17. The van der Waals surface area contributed by atoms with E-state index in [2.05, 4.69) is 5.32 Å². The molecule has 1 amide bonds. The number of halogens is 1. The van der Waals surface area contributed by atoms with Gasteiger partial charge in [0.05, 0.1) is 13.2 Å². The summed E-state index contributed by atoms with van der Waals surface area (Å²) in [5.74, 6) is 0.596. The van der Waals surface area contributed by atoms with Gasteiger partial charge in [-0.1, -0.05) is 0 Å². The Hall–Kier alpha value is -2.56. The molecule has 2 aromatic carbocycles. The molecule has 24 heavy (non-hydrogen) atoms. The summed E-state index contributed by atoms with van der Waals surface area (Å²) >= 11 is 0. The summed E-state index contributed by atoms with van der Waals surface area (Å²) in [5.41, 5.74) is 1.00. The largest absolute Gasteiger partial charge is 0.493 e. The van der Waals surface area contributed by atoms with Gasteiger partial charge in [-0.25, -0.2) is 4.39 Å². The van der Waals surface area contributed by atoms with Gasteiger partial charge in [0.15, 0.2) is 11.5 Å². The minimum Gasteiger partial charge on any atom is -0.493 e. The first-order valence-electron chi connectivity index (χ1n) is 8.07. The molecule has 0 aromatic heterocycles. The average molecular weight is 329 g/mol. The summed E-state index contributed by atoms with van der Waals surface area (Å²) in [6.45, 7) is 0. The molecule has 5 heteroatoms. The zero-order valence-corrected chi connectivity index (χ0v) is 13.5. The SMILES string of the molecule is COc1ccc(NC(=O)c2ccc(F)cc2)cc1OC1CCCC1. The van der Waals surface area contributed by atoms with E-state index in [0.717, 1.165) is 12.8 Å². The number of ether oxygens (including phenoxy) is 2. The molecule has 0 atom stereocenters. The molecule has 0 bridgehead atoms. The van der Waals surface area contributed by atoms with E-state index in [4.69, 9.17) is 9.47 Å². The first-order chi connectivity index (χ1) is 11.7. The maximum atomic E-state index is 12.9. The average Bonchev–Trinajstić information content (AvgIpc) is 3.09. The van der Waals surface area contributed by atoms with Crippen molar-refractivity contribution in [3.63, 3.8) is 0 Å². The molecular formula is C19H20FNO3. The Morgan fingerprint density at radius 3 is 2.46 bits per heavy atom. The first-order valence-corrected chi connectivity index (χ1v) is 8.07. The Morgan fingerprint density at radius 2 is 1.79 bits per heavy atom. The fraction of sp³-hybridized carbons (Fsp3) is 0.316. The Labute approximate surface area is 140 Å². The number of anilines is 1. The van der Waals surface area contributed by atoms with E-state index in [-0.39, 0.29) is 17.8 Å². The smallest absolute Gasteiger partial charge is 0.255 e. The molecule has 0 aliphatic heterocycles. The van der Waals surface area contributed by atoms with Crippen molar-refractivity contribution in [3.8, 4) is 11.5 Å². The van der Waals surface area contributed by atoms with E-state index >= 15 is 0 Å². The molecule has 0 saturated heterocycles. The van der Waals surface area contributed by atoms with E-state index in [1.165, 1.54) is 37.1 Å². The molecule has 1 fully saturated rings. The Kier molecular flexibility index (Phi) is 4.99. The molecule has 126 valence electrons. The molecule has 2 aromatic rings. The number of amides is 1. The lowest BCUT2D eigenvalue weighted by atomic mass is 10.2. The topological polar surface area (TPSA) is 47.6 Å². The van der Waals surface area contributed by atoms with Gasteiger partial charge in [0.2, 0.25) is 0 Å². The van der Waals surface area contributed by atoms with Crippen molar-refractivity contribution < 1.29 is 18.7 Å². The molecule has 1 saturated carbocycles. The summed E-state index contributed by atoms with van der Waals surface area (Å²) in [4.78, 5) is 12.2. The molecular weight excluding hydrogens is 309 g/mol. The molecule has 0 radical (unpaired) electrons. The summed E-state index contributed by atoms with van der Waals surface area (Å²) < 4.78 is 24.3. The lowest BCUT2D eigenvalue weighted by Crippen LogP contribution is -2.14. The van der Waals surface area contributed by atoms with Crippen LogP contribution in [0.3, 0.4) is 0 Å². The zero-order valence-electron chi connectivity index (χ0n) is 13.5. The summed E-state index contributed by atoms with van der Waals surface area (Å²) in [7, 11) is 1.59. The molecule has 1 aliphatic carbocycles. The van der Waals surface area contributed by atoms with Crippen molar-refractivity contribution in [2.75, 3.05) is 12.4 Å². The second-order valence-corrected chi connectivity index (χ2v) is 5.85. The van der Waals surface area contributed by atoms with Gasteiger partial charge in [0.1, 0.15) is 5.82 Å². The maximum absolute atomic E-state index is 12.9. The van der Waals surface area contributed by atoms with E-state index in [1.807, 2.05) is 0 Å². The minimum absolute atomic E-state index is 0.196. The lowest BCUT2D eigenvalue weighted by molar-refractivity contribution is 0.102. The van der Waals surface area contributed by atoms with Gasteiger partial charge >= 0.3 is 0 Å². The fourth-order valence-electron chi connectivity index (χ4n) is 2.84. The third-order valence-electron chi connectivity index (χ3n) is 4.12. The van der Waals surface area contributed by atoms with Gasteiger partial charge in [0, 0.05) is 17.3 Å². The summed E-state index contributed by atoms with van der Waals surface area (Å²) in [6.07, 6.45) is 4.62. The van der Waals surface area contributed by atoms with Crippen molar-refractivity contribution in [2.24, 2.45) is 0 Å². The van der Waals surface area contributed by atoms with Crippen LogP contribution in [0.5, 0.6) is 11.5 Å². The Balaban J connectivity index is 1.75. The Morgan fingerprint density at radius 1 is 1.08 bits per heavy atom. The predicted molar refractivity (Wildman–Crippen MR) is 90.2 cm³/mol. The first kappa shape index (κ1) is 16.3. The number of rotatable bonds is 5. The molecule has 4 nitrogen and oxygen atoms in total. The van der Waals surface area contributed by atoms with Crippen LogP contribution >= 0.6 is 0 Å². The van der Waals surface area contributed by atoms with Crippen molar-refractivity contribution in [1.29, 1.82) is 0 Å². The highest BCUT2D eigenvalue weighted by Gasteiger charge is 2.19. The van der Waals surface area contributed by atoms with Crippen LogP contribution in [0.4, 0.5) is 10.1 Å². The normalized spacial score (nSPS) is 14.4. The minimum atomic E-state index is -0.372. The third kappa shape index (κ3) is 3.85. The highest BCUT2D eigenvalue weighted by Crippen LogP contribution is 2.34. The summed E-state index contributed by atoms with van der Waals surface area (Å²) in [6, 6.07) is 10.7. The molecule has 3 rings (SSSR count).